The van der Waals surface area contributed by atoms with E-state index in [0.29, 0.717) is 5.75 Å². The third kappa shape index (κ3) is 5.16. The molecule has 2 aromatic carbocycles. The van der Waals surface area contributed by atoms with Gasteiger partial charge in [0.15, 0.2) is 6.10 Å². The van der Waals surface area contributed by atoms with Crippen molar-refractivity contribution in [1.82, 2.24) is 5.32 Å². The third-order valence-corrected chi connectivity index (χ3v) is 5.23. The summed E-state index contributed by atoms with van der Waals surface area (Å²) in [5.41, 5.74) is 3.95. The molecule has 0 saturated heterocycles. The molecule has 1 N–H and O–H groups in total. The molecule has 2 atom stereocenters. The first-order valence-corrected chi connectivity index (χ1v) is 9.52. The SMILES string of the molecule is CC[C@H](NC(=O)[C@@H](C)Oc1cc(C)c(Cl)c(C)c1)c1ccc(OC)c(C)c1. The lowest BCUT2D eigenvalue weighted by Crippen LogP contribution is -2.38. The molecule has 0 aliphatic rings. The van der Waals surface area contributed by atoms with Crippen molar-refractivity contribution >= 4 is 17.5 Å². The van der Waals surface area contributed by atoms with E-state index in [4.69, 9.17) is 21.1 Å². The molecular weight excluding hydrogens is 362 g/mol. The molecule has 146 valence electrons. The Balaban J connectivity index is 2.08. The monoisotopic (exact) mass is 389 g/mol. The van der Waals surface area contributed by atoms with Crippen LogP contribution in [0.25, 0.3) is 0 Å². The number of ether oxygens (including phenoxy) is 2. The number of aryl methyl sites for hydroxylation is 3. The van der Waals surface area contributed by atoms with Crippen LogP contribution < -0.4 is 14.8 Å². The molecule has 1 amide bonds. The number of carbonyl (C=O) groups is 1. The van der Waals surface area contributed by atoms with Crippen LogP contribution in [0.15, 0.2) is 30.3 Å². The summed E-state index contributed by atoms with van der Waals surface area (Å²) >= 11 is 6.19. The van der Waals surface area contributed by atoms with E-state index >= 15 is 0 Å². The summed E-state index contributed by atoms with van der Waals surface area (Å²) in [6.07, 6.45) is 0.169. The van der Waals surface area contributed by atoms with Crippen molar-refractivity contribution in [3.05, 3.63) is 57.6 Å². The molecule has 0 saturated carbocycles. The molecular formula is C22H28ClNO3. The lowest BCUT2D eigenvalue weighted by Gasteiger charge is -2.22. The van der Waals surface area contributed by atoms with E-state index < -0.39 is 6.10 Å². The summed E-state index contributed by atoms with van der Waals surface area (Å²) in [6.45, 7) is 9.63. The zero-order chi connectivity index (χ0) is 20.1. The maximum absolute atomic E-state index is 12.6. The average molecular weight is 390 g/mol. The Morgan fingerprint density at radius 1 is 1.11 bits per heavy atom. The summed E-state index contributed by atoms with van der Waals surface area (Å²) in [5, 5.41) is 3.80. The van der Waals surface area contributed by atoms with Gasteiger partial charge in [-0.15, -0.1) is 0 Å². The highest BCUT2D eigenvalue weighted by Crippen LogP contribution is 2.27. The van der Waals surface area contributed by atoms with Crippen LogP contribution >= 0.6 is 11.6 Å². The van der Waals surface area contributed by atoms with Crippen molar-refractivity contribution in [3.63, 3.8) is 0 Å². The van der Waals surface area contributed by atoms with Crippen LogP contribution in [0.2, 0.25) is 5.02 Å². The second kappa shape index (κ2) is 9.14. The minimum absolute atomic E-state index is 0.0816. The minimum atomic E-state index is -0.613. The largest absolute Gasteiger partial charge is 0.496 e. The molecule has 0 bridgehead atoms. The van der Waals surface area contributed by atoms with Crippen molar-refractivity contribution in [2.75, 3.05) is 7.11 Å². The second-order valence-corrected chi connectivity index (χ2v) is 7.21. The molecule has 27 heavy (non-hydrogen) atoms. The van der Waals surface area contributed by atoms with Crippen LogP contribution in [0, 0.1) is 20.8 Å². The average Bonchev–Trinajstić information content (AvgIpc) is 2.63. The predicted octanol–water partition coefficient (Wildman–Crippen LogP) is 5.31. The van der Waals surface area contributed by atoms with E-state index in [2.05, 4.69) is 5.32 Å². The van der Waals surface area contributed by atoms with Gasteiger partial charge in [-0.2, -0.15) is 0 Å². The van der Waals surface area contributed by atoms with Crippen molar-refractivity contribution in [1.29, 1.82) is 0 Å². The molecule has 0 heterocycles. The lowest BCUT2D eigenvalue weighted by atomic mass is 10.0. The van der Waals surface area contributed by atoms with Crippen LogP contribution in [-0.4, -0.2) is 19.1 Å². The topological polar surface area (TPSA) is 47.6 Å². The van der Waals surface area contributed by atoms with E-state index in [0.717, 1.165) is 39.4 Å². The van der Waals surface area contributed by atoms with Gasteiger partial charge in [0.25, 0.3) is 5.91 Å². The number of amides is 1. The van der Waals surface area contributed by atoms with Gasteiger partial charge in [-0.3, -0.25) is 4.79 Å². The first kappa shape index (κ1) is 21.1. The van der Waals surface area contributed by atoms with E-state index in [1.54, 1.807) is 14.0 Å². The van der Waals surface area contributed by atoms with Gasteiger partial charge in [-0.1, -0.05) is 30.7 Å². The fourth-order valence-corrected chi connectivity index (χ4v) is 3.17. The summed E-state index contributed by atoms with van der Waals surface area (Å²) < 4.78 is 11.2. The van der Waals surface area contributed by atoms with Crippen LogP contribution in [0.4, 0.5) is 0 Å². The van der Waals surface area contributed by atoms with E-state index in [1.807, 2.05) is 58.0 Å². The zero-order valence-corrected chi connectivity index (χ0v) is 17.6. The number of rotatable bonds is 7. The molecule has 0 aliphatic carbocycles. The molecule has 2 rings (SSSR count). The summed E-state index contributed by atoms with van der Waals surface area (Å²) in [6, 6.07) is 9.58. The third-order valence-electron chi connectivity index (χ3n) is 4.64. The highest BCUT2D eigenvalue weighted by atomic mass is 35.5. The Bertz CT molecular complexity index is 796. The van der Waals surface area contributed by atoms with Crippen LogP contribution in [-0.2, 0) is 4.79 Å². The van der Waals surface area contributed by atoms with Gasteiger partial charge in [0.05, 0.1) is 13.2 Å². The Morgan fingerprint density at radius 2 is 1.74 bits per heavy atom. The predicted molar refractivity (Wildman–Crippen MR) is 110 cm³/mol. The maximum Gasteiger partial charge on any atom is 0.261 e. The number of carbonyl (C=O) groups excluding carboxylic acids is 1. The smallest absolute Gasteiger partial charge is 0.261 e. The van der Waals surface area contributed by atoms with Gasteiger partial charge >= 0.3 is 0 Å². The zero-order valence-electron chi connectivity index (χ0n) is 16.9. The molecule has 4 nitrogen and oxygen atoms in total. The molecule has 0 aliphatic heterocycles. The first-order chi connectivity index (χ1) is 12.8. The summed E-state index contributed by atoms with van der Waals surface area (Å²) in [4.78, 5) is 12.6. The van der Waals surface area contributed by atoms with Gasteiger partial charge in [0, 0.05) is 5.02 Å². The molecule has 0 spiro atoms. The lowest BCUT2D eigenvalue weighted by molar-refractivity contribution is -0.128. The van der Waals surface area contributed by atoms with E-state index in [1.165, 1.54) is 0 Å². The van der Waals surface area contributed by atoms with Crippen molar-refractivity contribution in [3.8, 4) is 11.5 Å². The molecule has 5 heteroatoms. The van der Waals surface area contributed by atoms with E-state index in [-0.39, 0.29) is 11.9 Å². The maximum atomic E-state index is 12.6. The van der Waals surface area contributed by atoms with Crippen LogP contribution in [0.1, 0.15) is 48.6 Å². The van der Waals surface area contributed by atoms with Gasteiger partial charge in [0.1, 0.15) is 11.5 Å². The number of hydrogen-bond acceptors (Lipinski definition) is 3. The quantitative estimate of drug-likeness (QED) is 0.698. The van der Waals surface area contributed by atoms with Gasteiger partial charge < -0.3 is 14.8 Å². The normalized spacial score (nSPS) is 13.0. The minimum Gasteiger partial charge on any atom is -0.496 e. The Kier molecular flexibility index (Phi) is 7.14. The van der Waals surface area contributed by atoms with Crippen molar-refractivity contribution < 1.29 is 14.3 Å². The Morgan fingerprint density at radius 3 is 2.26 bits per heavy atom. The molecule has 0 fully saturated rings. The highest BCUT2D eigenvalue weighted by Gasteiger charge is 2.20. The van der Waals surface area contributed by atoms with Gasteiger partial charge in [-0.05, 0) is 74.6 Å². The Hall–Kier alpha value is -2.20. The number of nitrogens with one attached hydrogen (secondary N) is 1. The molecule has 0 radical (unpaired) electrons. The van der Waals surface area contributed by atoms with Crippen LogP contribution in [0.3, 0.4) is 0 Å². The van der Waals surface area contributed by atoms with Gasteiger partial charge in [-0.25, -0.2) is 0 Å². The Labute approximate surface area is 166 Å². The van der Waals surface area contributed by atoms with E-state index in [9.17, 15) is 4.79 Å². The van der Waals surface area contributed by atoms with Crippen molar-refractivity contribution in [2.45, 2.75) is 53.2 Å². The number of methoxy groups -OCH3 is 1. The van der Waals surface area contributed by atoms with Crippen molar-refractivity contribution in [2.24, 2.45) is 0 Å². The van der Waals surface area contributed by atoms with Gasteiger partial charge in [0.2, 0.25) is 0 Å². The number of halogens is 1. The molecule has 2 aromatic rings. The number of hydrogen-bond donors (Lipinski definition) is 1. The summed E-state index contributed by atoms with van der Waals surface area (Å²) in [7, 11) is 1.65. The molecule has 0 unspecified atom stereocenters. The van der Waals surface area contributed by atoms with Crippen LogP contribution in [0.5, 0.6) is 11.5 Å². The number of benzene rings is 2. The standard InChI is InChI=1S/C22H28ClNO3/c1-7-19(17-8-9-20(26-6)13(2)10-17)24-22(25)16(5)27-18-11-14(3)21(23)15(4)12-18/h8-12,16,19H,7H2,1-6H3,(H,24,25)/t16-,19+/m1/s1. The fourth-order valence-electron chi connectivity index (χ4n) is 3.06. The second-order valence-electron chi connectivity index (χ2n) is 6.83. The summed E-state index contributed by atoms with van der Waals surface area (Å²) in [5.74, 6) is 1.33. The first-order valence-electron chi connectivity index (χ1n) is 9.15. The highest BCUT2D eigenvalue weighted by molar-refractivity contribution is 6.32. The fraction of sp³-hybridized carbons (Fsp3) is 0.409. The molecule has 0 aromatic heterocycles.